The number of benzene rings is 1. The smallest absolute Gasteiger partial charge is 0.224 e. The van der Waals surface area contributed by atoms with Crippen LogP contribution in [0.4, 0.5) is 5.82 Å². The molecule has 1 aliphatic heterocycles. The van der Waals surface area contributed by atoms with Crippen LogP contribution >= 0.6 is 11.6 Å². The third-order valence-corrected chi connectivity index (χ3v) is 7.28. The number of carbonyl (C=O) groups excluding carboxylic acids is 1. The summed E-state index contributed by atoms with van der Waals surface area (Å²) >= 11 is 6.35. The predicted molar refractivity (Wildman–Crippen MR) is 122 cm³/mol. The number of nitrogens with zero attached hydrogens (tertiary/aromatic N) is 2. The van der Waals surface area contributed by atoms with Gasteiger partial charge < -0.3 is 15.3 Å². The average molecular weight is 430 g/mol. The van der Waals surface area contributed by atoms with Gasteiger partial charge in [-0.05, 0) is 61.6 Å². The number of rotatable bonds is 4. The SMILES string of the molecule is CC1(C)CN(c2ccc3cccc(Cl)c3n2)CC[C@@H]1C(=O)N[C@H]1CC[C@@H](CO)CC1. The minimum absolute atomic E-state index is 0.00615. The van der Waals surface area contributed by atoms with Gasteiger partial charge in [-0.2, -0.15) is 0 Å². The van der Waals surface area contributed by atoms with Crippen molar-refractivity contribution in [3.05, 3.63) is 35.4 Å². The Labute approximate surface area is 183 Å². The summed E-state index contributed by atoms with van der Waals surface area (Å²) in [7, 11) is 0. The molecule has 0 unspecified atom stereocenters. The number of pyridine rings is 1. The molecule has 0 spiro atoms. The number of amides is 1. The van der Waals surface area contributed by atoms with Gasteiger partial charge in [-0.15, -0.1) is 0 Å². The Hall–Kier alpha value is -1.85. The molecule has 2 N–H and O–H groups in total. The Balaban J connectivity index is 1.42. The second-order valence-corrected chi connectivity index (χ2v) is 10.0. The second kappa shape index (κ2) is 8.72. The van der Waals surface area contributed by atoms with E-state index in [0.29, 0.717) is 10.9 Å². The normalized spacial score (nSPS) is 26.5. The van der Waals surface area contributed by atoms with Crippen LogP contribution in [0.15, 0.2) is 30.3 Å². The topological polar surface area (TPSA) is 65.5 Å². The van der Waals surface area contributed by atoms with Crippen LogP contribution in [0, 0.1) is 17.3 Å². The van der Waals surface area contributed by atoms with Crippen LogP contribution in [-0.2, 0) is 4.79 Å². The third-order valence-electron chi connectivity index (χ3n) is 6.98. The van der Waals surface area contributed by atoms with E-state index < -0.39 is 0 Å². The Morgan fingerprint density at radius 1 is 1.20 bits per heavy atom. The molecule has 1 aliphatic carbocycles. The predicted octanol–water partition coefficient (Wildman–Crippen LogP) is 4.41. The van der Waals surface area contributed by atoms with Gasteiger partial charge in [0.25, 0.3) is 0 Å². The number of aromatic nitrogens is 1. The highest BCUT2D eigenvalue weighted by Gasteiger charge is 2.41. The van der Waals surface area contributed by atoms with Crippen LogP contribution in [0.1, 0.15) is 46.0 Å². The molecule has 162 valence electrons. The molecule has 2 fully saturated rings. The number of para-hydroxylation sites is 1. The van der Waals surface area contributed by atoms with Crippen molar-refractivity contribution in [3.8, 4) is 0 Å². The lowest BCUT2D eigenvalue weighted by molar-refractivity contribution is -0.130. The molecule has 5 nitrogen and oxygen atoms in total. The molecule has 1 saturated carbocycles. The summed E-state index contributed by atoms with van der Waals surface area (Å²) in [4.78, 5) is 20.2. The van der Waals surface area contributed by atoms with Crippen molar-refractivity contribution in [2.75, 3.05) is 24.6 Å². The first-order valence-corrected chi connectivity index (χ1v) is 11.5. The van der Waals surface area contributed by atoms with Crippen molar-refractivity contribution in [1.82, 2.24) is 10.3 Å². The number of nitrogens with one attached hydrogen (secondary N) is 1. The largest absolute Gasteiger partial charge is 0.396 e. The number of fused-ring (bicyclic) bond motifs is 1. The number of aliphatic hydroxyl groups is 1. The molecule has 6 heteroatoms. The lowest BCUT2D eigenvalue weighted by Gasteiger charge is -2.44. The minimum atomic E-state index is -0.151. The van der Waals surface area contributed by atoms with E-state index in [-0.39, 0.29) is 29.9 Å². The fraction of sp³-hybridized carbons (Fsp3) is 0.583. The number of aliphatic hydroxyl groups excluding tert-OH is 1. The molecule has 2 aromatic rings. The zero-order chi connectivity index (χ0) is 21.3. The minimum Gasteiger partial charge on any atom is -0.396 e. The van der Waals surface area contributed by atoms with Gasteiger partial charge in [0.2, 0.25) is 5.91 Å². The number of carbonyl (C=O) groups is 1. The van der Waals surface area contributed by atoms with E-state index in [2.05, 4.69) is 36.2 Å². The maximum absolute atomic E-state index is 13.1. The fourth-order valence-corrected chi connectivity index (χ4v) is 5.33. The first-order valence-electron chi connectivity index (χ1n) is 11.1. The number of halogens is 1. The van der Waals surface area contributed by atoms with E-state index in [9.17, 15) is 9.90 Å². The zero-order valence-electron chi connectivity index (χ0n) is 17.9. The molecule has 1 atom stereocenters. The van der Waals surface area contributed by atoms with Gasteiger partial charge in [0.15, 0.2) is 0 Å². The number of hydrogen-bond acceptors (Lipinski definition) is 4. The van der Waals surface area contributed by atoms with Crippen LogP contribution in [0.5, 0.6) is 0 Å². The standard InChI is InChI=1S/C24H32ClN3O2/c1-24(2)15-28(21-11-8-17-4-3-5-20(25)22(17)27-21)13-12-19(24)23(30)26-18-9-6-16(14-29)7-10-18/h3-5,8,11,16,18-19,29H,6-7,9-10,12-15H2,1-2H3,(H,26,30)/t16-,18+,19-/m1/s1. The van der Waals surface area contributed by atoms with Crippen molar-refractivity contribution in [2.24, 2.45) is 17.3 Å². The van der Waals surface area contributed by atoms with Gasteiger partial charge in [0.05, 0.1) is 10.5 Å². The highest BCUT2D eigenvalue weighted by Crippen LogP contribution is 2.37. The summed E-state index contributed by atoms with van der Waals surface area (Å²) in [5.74, 6) is 1.50. The number of hydrogen-bond donors (Lipinski definition) is 2. The maximum Gasteiger partial charge on any atom is 0.224 e. The molecule has 1 aromatic carbocycles. The van der Waals surface area contributed by atoms with Crippen LogP contribution in [0.3, 0.4) is 0 Å². The van der Waals surface area contributed by atoms with Crippen molar-refractivity contribution in [1.29, 1.82) is 0 Å². The van der Waals surface area contributed by atoms with E-state index in [1.165, 1.54) is 0 Å². The lowest BCUT2D eigenvalue weighted by atomic mass is 9.73. The van der Waals surface area contributed by atoms with Crippen LogP contribution in [0.25, 0.3) is 10.9 Å². The van der Waals surface area contributed by atoms with Gasteiger partial charge >= 0.3 is 0 Å². The quantitative estimate of drug-likeness (QED) is 0.755. The first-order chi connectivity index (χ1) is 14.4. The molecular weight excluding hydrogens is 398 g/mol. The summed E-state index contributed by atoms with van der Waals surface area (Å²) in [6.45, 7) is 6.22. The van der Waals surface area contributed by atoms with E-state index in [1.807, 2.05) is 18.2 Å². The Kier molecular flexibility index (Phi) is 6.21. The molecule has 2 aliphatic rings. The van der Waals surface area contributed by atoms with Crippen LogP contribution < -0.4 is 10.2 Å². The second-order valence-electron chi connectivity index (χ2n) is 9.64. The summed E-state index contributed by atoms with van der Waals surface area (Å²) in [5, 5.41) is 14.3. The van der Waals surface area contributed by atoms with Crippen molar-refractivity contribution in [2.45, 2.75) is 52.0 Å². The lowest BCUT2D eigenvalue weighted by Crippen LogP contribution is -2.53. The molecule has 30 heavy (non-hydrogen) atoms. The molecule has 2 heterocycles. The maximum atomic E-state index is 13.1. The molecule has 0 radical (unpaired) electrons. The Morgan fingerprint density at radius 2 is 1.97 bits per heavy atom. The molecule has 1 aromatic heterocycles. The van der Waals surface area contributed by atoms with Gasteiger partial charge in [-0.3, -0.25) is 4.79 Å². The number of anilines is 1. The average Bonchev–Trinajstić information content (AvgIpc) is 2.73. The summed E-state index contributed by atoms with van der Waals surface area (Å²) < 4.78 is 0. The van der Waals surface area contributed by atoms with Crippen molar-refractivity contribution >= 4 is 34.2 Å². The van der Waals surface area contributed by atoms with E-state index in [4.69, 9.17) is 16.6 Å². The first kappa shape index (κ1) is 21.4. The molecule has 0 bridgehead atoms. The van der Waals surface area contributed by atoms with Gasteiger partial charge in [0, 0.05) is 37.0 Å². The zero-order valence-corrected chi connectivity index (χ0v) is 18.7. The van der Waals surface area contributed by atoms with Gasteiger partial charge in [-0.1, -0.05) is 37.6 Å². The van der Waals surface area contributed by atoms with Crippen molar-refractivity contribution in [3.63, 3.8) is 0 Å². The monoisotopic (exact) mass is 429 g/mol. The highest BCUT2D eigenvalue weighted by molar-refractivity contribution is 6.35. The molecule has 1 saturated heterocycles. The Morgan fingerprint density at radius 3 is 2.67 bits per heavy atom. The van der Waals surface area contributed by atoms with E-state index in [0.717, 1.165) is 61.9 Å². The summed E-state index contributed by atoms with van der Waals surface area (Å²) in [6.07, 6.45) is 4.75. The van der Waals surface area contributed by atoms with Crippen molar-refractivity contribution < 1.29 is 9.90 Å². The van der Waals surface area contributed by atoms with Crippen LogP contribution in [-0.4, -0.2) is 41.7 Å². The van der Waals surface area contributed by atoms with Gasteiger partial charge in [0.1, 0.15) is 5.82 Å². The highest BCUT2D eigenvalue weighted by atomic mass is 35.5. The van der Waals surface area contributed by atoms with E-state index in [1.54, 1.807) is 0 Å². The van der Waals surface area contributed by atoms with Gasteiger partial charge in [-0.25, -0.2) is 4.98 Å². The summed E-state index contributed by atoms with van der Waals surface area (Å²) in [6, 6.07) is 10.2. The summed E-state index contributed by atoms with van der Waals surface area (Å²) in [5.41, 5.74) is 0.676. The fourth-order valence-electron chi connectivity index (χ4n) is 5.11. The van der Waals surface area contributed by atoms with Crippen LogP contribution in [0.2, 0.25) is 5.02 Å². The third kappa shape index (κ3) is 4.42. The molecule has 1 amide bonds. The molecule has 4 rings (SSSR count). The number of piperidine rings is 1. The Bertz CT molecular complexity index is 908. The molecular formula is C24H32ClN3O2. The van der Waals surface area contributed by atoms with E-state index >= 15 is 0 Å².